The summed E-state index contributed by atoms with van der Waals surface area (Å²) in [7, 11) is 0. The van der Waals surface area contributed by atoms with Crippen molar-refractivity contribution in [3.8, 4) is 17.3 Å². The minimum atomic E-state index is -4.58. The van der Waals surface area contributed by atoms with Crippen molar-refractivity contribution < 1.29 is 13.2 Å². The first kappa shape index (κ1) is 20.7. The summed E-state index contributed by atoms with van der Waals surface area (Å²) in [5.41, 5.74) is 0.385. The minimum Gasteiger partial charge on any atom is -0.354 e. The number of hydrogen-bond donors (Lipinski definition) is 1. The number of nitrogens with zero attached hydrogens (tertiary/aromatic N) is 5. The van der Waals surface area contributed by atoms with Gasteiger partial charge in [0.1, 0.15) is 5.01 Å². The van der Waals surface area contributed by atoms with Crippen LogP contribution in [0.15, 0.2) is 48.9 Å². The molecule has 0 fully saturated rings. The van der Waals surface area contributed by atoms with E-state index in [4.69, 9.17) is 5.26 Å². The number of rotatable bonds is 6. The fourth-order valence-electron chi connectivity index (χ4n) is 3.13. The van der Waals surface area contributed by atoms with E-state index in [2.05, 4.69) is 25.3 Å². The molecule has 156 valence electrons. The molecule has 3 aromatic heterocycles. The molecule has 4 aromatic rings. The Morgan fingerprint density at radius 2 is 1.97 bits per heavy atom. The number of aromatic nitrogens is 4. The van der Waals surface area contributed by atoms with Gasteiger partial charge in [-0.05, 0) is 36.2 Å². The summed E-state index contributed by atoms with van der Waals surface area (Å²) in [6.07, 6.45) is 0.955. The van der Waals surface area contributed by atoms with Crippen molar-refractivity contribution in [2.75, 3.05) is 11.9 Å². The van der Waals surface area contributed by atoms with Gasteiger partial charge in [-0.25, -0.2) is 15.0 Å². The van der Waals surface area contributed by atoms with E-state index in [-0.39, 0.29) is 29.1 Å². The third kappa shape index (κ3) is 4.62. The number of benzene rings is 1. The van der Waals surface area contributed by atoms with Crippen molar-refractivity contribution in [1.82, 2.24) is 19.9 Å². The van der Waals surface area contributed by atoms with Crippen molar-refractivity contribution >= 4 is 27.5 Å². The molecule has 0 bridgehead atoms. The molecule has 0 radical (unpaired) electrons. The van der Waals surface area contributed by atoms with Gasteiger partial charge >= 0.3 is 6.18 Å². The molecule has 0 spiro atoms. The lowest BCUT2D eigenvalue weighted by Gasteiger charge is -2.14. The Kier molecular flexibility index (Phi) is 5.77. The van der Waals surface area contributed by atoms with E-state index in [9.17, 15) is 13.2 Å². The second-order valence-corrected chi connectivity index (χ2v) is 7.69. The molecule has 0 amide bonds. The van der Waals surface area contributed by atoms with Crippen molar-refractivity contribution in [2.45, 2.75) is 19.0 Å². The lowest BCUT2D eigenvalue weighted by atomic mass is 10.0. The van der Waals surface area contributed by atoms with Crippen LogP contribution in [-0.2, 0) is 19.0 Å². The summed E-state index contributed by atoms with van der Waals surface area (Å²) in [5.74, 6) is 0.221. The van der Waals surface area contributed by atoms with Gasteiger partial charge in [0.2, 0.25) is 5.95 Å². The topological polar surface area (TPSA) is 87.4 Å². The molecule has 4 rings (SSSR count). The number of nitriles is 1. The highest BCUT2D eigenvalue weighted by atomic mass is 32.1. The Morgan fingerprint density at radius 3 is 2.71 bits per heavy atom. The Labute approximate surface area is 179 Å². The van der Waals surface area contributed by atoms with E-state index < -0.39 is 11.7 Å². The van der Waals surface area contributed by atoms with E-state index in [1.54, 1.807) is 12.4 Å². The summed E-state index contributed by atoms with van der Waals surface area (Å²) in [5, 5.41) is 12.4. The van der Waals surface area contributed by atoms with Crippen molar-refractivity contribution in [1.29, 1.82) is 5.26 Å². The predicted molar refractivity (Wildman–Crippen MR) is 111 cm³/mol. The molecule has 1 aromatic carbocycles. The Balaban J connectivity index is 1.70. The average Bonchev–Trinajstić information content (AvgIpc) is 3.16. The Hall–Kier alpha value is -3.58. The van der Waals surface area contributed by atoms with Crippen molar-refractivity contribution in [2.24, 2.45) is 0 Å². The van der Waals surface area contributed by atoms with E-state index in [1.165, 1.54) is 29.7 Å². The summed E-state index contributed by atoms with van der Waals surface area (Å²) in [6.45, 7) is 0.495. The maximum absolute atomic E-state index is 13.8. The Morgan fingerprint density at radius 1 is 1.10 bits per heavy atom. The van der Waals surface area contributed by atoms with Crippen LogP contribution in [0.2, 0.25) is 0 Å². The van der Waals surface area contributed by atoms with Crippen LogP contribution in [0.1, 0.15) is 16.1 Å². The predicted octanol–water partition coefficient (Wildman–Crippen LogP) is 4.89. The highest BCUT2D eigenvalue weighted by molar-refractivity contribution is 7.18. The lowest BCUT2D eigenvalue weighted by molar-refractivity contribution is -0.137. The first-order valence-corrected chi connectivity index (χ1v) is 10.1. The maximum atomic E-state index is 13.8. The average molecular weight is 440 g/mol. The van der Waals surface area contributed by atoms with Crippen LogP contribution in [0.25, 0.3) is 21.5 Å². The number of fused-ring (bicyclic) bond motifs is 1. The van der Waals surface area contributed by atoms with Crippen LogP contribution >= 0.6 is 11.3 Å². The third-order valence-corrected chi connectivity index (χ3v) is 5.49. The van der Waals surface area contributed by atoms with Crippen LogP contribution in [0.3, 0.4) is 0 Å². The molecule has 31 heavy (non-hydrogen) atoms. The van der Waals surface area contributed by atoms with Gasteiger partial charge in [-0.3, -0.25) is 4.98 Å². The first-order chi connectivity index (χ1) is 15.0. The number of thiazole rings is 1. The fraction of sp³-hybridized carbons (Fsp3) is 0.190. The monoisotopic (exact) mass is 440 g/mol. The molecular weight excluding hydrogens is 425 g/mol. The molecule has 10 heteroatoms. The molecule has 0 aliphatic heterocycles. The molecule has 0 atom stereocenters. The lowest BCUT2D eigenvalue weighted by Crippen LogP contribution is -2.10. The molecule has 0 saturated heterocycles. The molecule has 0 aliphatic carbocycles. The standard InChI is InChI=1S/C21H15F3N6S/c22-21(23,24)14-3-4-16-19(30-17(31-16)5-8-25)18(14)15-7-11-28-20(29-15)27-10-6-13-2-1-9-26-12-13/h1-4,7,9,11-12H,5-6,10H2,(H,27,28,29). The van der Waals surface area contributed by atoms with E-state index in [0.29, 0.717) is 22.7 Å². The van der Waals surface area contributed by atoms with Crippen LogP contribution in [0.5, 0.6) is 0 Å². The van der Waals surface area contributed by atoms with Crippen molar-refractivity contribution in [3.05, 3.63) is 65.1 Å². The van der Waals surface area contributed by atoms with Gasteiger partial charge in [0.05, 0.1) is 34.0 Å². The first-order valence-electron chi connectivity index (χ1n) is 9.28. The summed E-state index contributed by atoms with van der Waals surface area (Å²) >= 11 is 1.20. The maximum Gasteiger partial charge on any atom is 0.417 e. The Bertz CT molecular complexity index is 1250. The number of alkyl halides is 3. The van der Waals surface area contributed by atoms with Gasteiger partial charge in [-0.15, -0.1) is 11.3 Å². The molecule has 3 heterocycles. The second kappa shape index (κ2) is 8.65. The molecule has 1 N–H and O–H groups in total. The fourth-order valence-corrected chi connectivity index (χ4v) is 4.03. The molecule has 6 nitrogen and oxygen atoms in total. The zero-order valence-electron chi connectivity index (χ0n) is 16.0. The molecule has 0 aliphatic rings. The van der Waals surface area contributed by atoms with Crippen LogP contribution in [-0.4, -0.2) is 26.5 Å². The number of pyridine rings is 1. The van der Waals surface area contributed by atoms with Gasteiger partial charge in [-0.1, -0.05) is 6.07 Å². The third-order valence-electron chi connectivity index (χ3n) is 4.47. The van der Waals surface area contributed by atoms with Gasteiger partial charge in [0, 0.05) is 30.7 Å². The number of halogens is 3. The van der Waals surface area contributed by atoms with Gasteiger partial charge in [0.15, 0.2) is 0 Å². The summed E-state index contributed by atoms with van der Waals surface area (Å²) < 4.78 is 41.9. The number of hydrogen-bond acceptors (Lipinski definition) is 7. The van der Waals surface area contributed by atoms with Crippen LogP contribution in [0.4, 0.5) is 19.1 Å². The summed E-state index contributed by atoms with van der Waals surface area (Å²) in [4.78, 5) is 16.8. The largest absolute Gasteiger partial charge is 0.417 e. The number of nitrogens with one attached hydrogen (secondary N) is 1. The highest BCUT2D eigenvalue weighted by Gasteiger charge is 2.35. The zero-order valence-corrected chi connectivity index (χ0v) is 16.8. The summed E-state index contributed by atoms with van der Waals surface area (Å²) in [6, 6.07) is 9.59. The van der Waals surface area contributed by atoms with Gasteiger partial charge in [-0.2, -0.15) is 18.4 Å². The normalized spacial score (nSPS) is 11.4. The van der Waals surface area contributed by atoms with Crippen LogP contribution in [0, 0.1) is 11.3 Å². The smallest absolute Gasteiger partial charge is 0.354 e. The quantitative estimate of drug-likeness (QED) is 0.459. The molecule has 0 saturated carbocycles. The van der Waals surface area contributed by atoms with Crippen molar-refractivity contribution in [3.63, 3.8) is 0 Å². The molecular formula is C21H15F3N6S. The number of anilines is 1. The van der Waals surface area contributed by atoms with Gasteiger partial charge in [0.25, 0.3) is 0 Å². The van der Waals surface area contributed by atoms with E-state index >= 15 is 0 Å². The minimum absolute atomic E-state index is 0.0328. The van der Waals surface area contributed by atoms with Gasteiger partial charge < -0.3 is 5.32 Å². The highest BCUT2D eigenvalue weighted by Crippen LogP contribution is 2.41. The van der Waals surface area contributed by atoms with E-state index in [1.807, 2.05) is 18.2 Å². The SMILES string of the molecule is N#CCc1nc2c(-c3ccnc(NCCc4cccnc4)n3)c(C(F)(F)F)ccc2s1. The van der Waals surface area contributed by atoms with Crippen LogP contribution < -0.4 is 5.32 Å². The van der Waals surface area contributed by atoms with E-state index in [0.717, 1.165) is 11.6 Å². The zero-order chi connectivity index (χ0) is 21.8. The second-order valence-electron chi connectivity index (χ2n) is 6.58. The molecule has 0 unspecified atom stereocenters.